The van der Waals surface area contributed by atoms with Gasteiger partial charge >= 0.3 is 6.18 Å². The Morgan fingerprint density at radius 3 is 2.47 bits per heavy atom. The second-order valence-electron chi connectivity index (χ2n) is 3.88. The molecule has 1 rings (SSSR count). The molecule has 0 N–H and O–H groups in total. The van der Waals surface area contributed by atoms with Crippen molar-refractivity contribution in [3.05, 3.63) is 11.5 Å². The molecule has 0 amide bonds. The zero-order valence-corrected chi connectivity index (χ0v) is 8.93. The molecule has 0 radical (unpaired) electrons. The highest BCUT2D eigenvalue weighted by Gasteiger charge is 2.40. The first-order chi connectivity index (χ1) is 6.86. The summed E-state index contributed by atoms with van der Waals surface area (Å²) >= 11 is 0. The van der Waals surface area contributed by atoms with Crippen LogP contribution in [0.2, 0.25) is 0 Å². The fourth-order valence-electron chi connectivity index (χ4n) is 1.44. The molecule has 86 valence electrons. The number of hydrogen-bond acceptors (Lipinski definition) is 2. The van der Waals surface area contributed by atoms with E-state index in [9.17, 15) is 13.2 Å². The summed E-state index contributed by atoms with van der Waals surface area (Å²) in [5.74, 6) is -0.329. The van der Waals surface area contributed by atoms with Gasteiger partial charge in [0.1, 0.15) is 0 Å². The van der Waals surface area contributed by atoms with E-state index in [0.717, 1.165) is 0 Å². The standard InChI is InChI=1S/C10H14F3NO/c1-6(2)7-4-8(10(11,12)13)9(15-3)14-5-7/h5-7H,4H2,1-3H3. The molecule has 1 unspecified atom stereocenters. The van der Waals surface area contributed by atoms with Crippen LogP contribution in [0.5, 0.6) is 0 Å². The van der Waals surface area contributed by atoms with Gasteiger partial charge in [-0.1, -0.05) is 13.8 Å². The second kappa shape index (κ2) is 4.24. The Labute approximate surface area is 86.8 Å². The third-order valence-electron chi connectivity index (χ3n) is 2.47. The van der Waals surface area contributed by atoms with E-state index in [0.29, 0.717) is 0 Å². The number of hydrogen-bond donors (Lipinski definition) is 0. The summed E-state index contributed by atoms with van der Waals surface area (Å²) in [5, 5.41) is 0. The minimum Gasteiger partial charge on any atom is -0.481 e. The average molecular weight is 221 g/mol. The van der Waals surface area contributed by atoms with Gasteiger partial charge in [0.15, 0.2) is 0 Å². The molecule has 1 aliphatic heterocycles. The highest BCUT2D eigenvalue weighted by Crippen LogP contribution is 2.37. The lowest BCUT2D eigenvalue weighted by atomic mass is 9.88. The Kier molecular flexibility index (Phi) is 3.42. The molecular weight excluding hydrogens is 207 g/mol. The van der Waals surface area contributed by atoms with Crippen molar-refractivity contribution in [2.24, 2.45) is 16.8 Å². The van der Waals surface area contributed by atoms with Gasteiger partial charge in [-0.05, 0) is 12.3 Å². The molecular formula is C10H14F3NO. The summed E-state index contributed by atoms with van der Waals surface area (Å²) in [6.07, 6.45) is -2.86. The summed E-state index contributed by atoms with van der Waals surface area (Å²) in [4.78, 5) is 3.71. The Morgan fingerprint density at radius 2 is 2.07 bits per heavy atom. The number of rotatable bonds is 2. The minimum absolute atomic E-state index is 0.0478. The first-order valence-electron chi connectivity index (χ1n) is 4.74. The van der Waals surface area contributed by atoms with E-state index in [1.165, 1.54) is 7.11 Å². The lowest BCUT2D eigenvalue weighted by Gasteiger charge is -2.24. The third kappa shape index (κ3) is 2.73. The van der Waals surface area contributed by atoms with Gasteiger partial charge in [-0.2, -0.15) is 13.2 Å². The molecule has 0 aromatic rings. The van der Waals surface area contributed by atoms with Crippen LogP contribution in [0.4, 0.5) is 13.2 Å². The maximum Gasteiger partial charge on any atom is 0.417 e. The van der Waals surface area contributed by atoms with Gasteiger partial charge in [-0.25, -0.2) is 4.99 Å². The van der Waals surface area contributed by atoms with Crippen molar-refractivity contribution in [1.29, 1.82) is 0 Å². The number of allylic oxidation sites excluding steroid dienone is 1. The van der Waals surface area contributed by atoms with E-state index in [1.54, 1.807) is 6.21 Å². The van der Waals surface area contributed by atoms with Gasteiger partial charge in [0.05, 0.1) is 12.7 Å². The normalized spacial score (nSPS) is 22.5. The van der Waals surface area contributed by atoms with Crippen molar-refractivity contribution in [1.82, 2.24) is 0 Å². The zero-order valence-electron chi connectivity index (χ0n) is 8.93. The molecule has 0 aromatic carbocycles. The van der Waals surface area contributed by atoms with Crippen molar-refractivity contribution >= 4 is 6.21 Å². The number of alkyl halides is 3. The lowest BCUT2D eigenvalue weighted by molar-refractivity contribution is -0.0989. The summed E-state index contributed by atoms with van der Waals surface area (Å²) in [6, 6.07) is 0. The number of aliphatic imine (C=N–C) groups is 1. The van der Waals surface area contributed by atoms with Crippen molar-refractivity contribution < 1.29 is 17.9 Å². The summed E-state index contributed by atoms with van der Waals surface area (Å²) in [7, 11) is 1.20. The van der Waals surface area contributed by atoms with Gasteiger partial charge in [-0.3, -0.25) is 0 Å². The molecule has 0 aliphatic carbocycles. The van der Waals surface area contributed by atoms with Crippen LogP contribution < -0.4 is 0 Å². The van der Waals surface area contributed by atoms with Crippen molar-refractivity contribution in [2.75, 3.05) is 7.11 Å². The SMILES string of the molecule is COC1=C(C(F)(F)F)CC(C(C)C)C=N1. The Balaban J connectivity index is 2.96. The predicted molar refractivity (Wildman–Crippen MR) is 51.5 cm³/mol. The molecule has 15 heavy (non-hydrogen) atoms. The van der Waals surface area contributed by atoms with Crippen LogP contribution in [-0.2, 0) is 4.74 Å². The molecule has 5 heteroatoms. The van der Waals surface area contributed by atoms with Gasteiger partial charge in [0.2, 0.25) is 5.88 Å². The van der Waals surface area contributed by atoms with E-state index in [1.807, 2.05) is 13.8 Å². The largest absolute Gasteiger partial charge is 0.481 e. The molecule has 0 bridgehead atoms. The van der Waals surface area contributed by atoms with E-state index in [-0.39, 0.29) is 24.1 Å². The first kappa shape index (κ1) is 12.1. The van der Waals surface area contributed by atoms with Crippen molar-refractivity contribution in [3.63, 3.8) is 0 Å². The van der Waals surface area contributed by atoms with Crippen LogP contribution in [0.15, 0.2) is 16.4 Å². The van der Waals surface area contributed by atoms with Gasteiger partial charge in [0, 0.05) is 12.1 Å². The molecule has 0 saturated carbocycles. The van der Waals surface area contributed by atoms with Gasteiger partial charge < -0.3 is 4.74 Å². The van der Waals surface area contributed by atoms with E-state index in [2.05, 4.69) is 9.73 Å². The van der Waals surface area contributed by atoms with Crippen LogP contribution in [0.25, 0.3) is 0 Å². The number of ether oxygens (including phenoxy) is 1. The monoisotopic (exact) mass is 221 g/mol. The predicted octanol–water partition coefficient (Wildman–Crippen LogP) is 3.15. The fraction of sp³-hybridized carbons (Fsp3) is 0.700. The molecule has 1 atom stereocenters. The van der Waals surface area contributed by atoms with Crippen molar-refractivity contribution in [2.45, 2.75) is 26.4 Å². The quantitative estimate of drug-likeness (QED) is 0.701. The minimum atomic E-state index is -4.35. The fourth-order valence-corrected chi connectivity index (χ4v) is 1.44. The van der Waals surface area contributed by atoms with Gasteiger partial charge in [-0.15, -0.1) is 0 Å². The van der Waals surface area contributed by atoms with Crippen LogP contribution in [0.3, 0.4) is 0 Å². The Bertz CT molecular complexity index is 292. The van der Waals surface area contributed by atoms with Crippen molar-refractivity contribution in [3.8, 4) is 0 Å². The van der Waals surface area contributed by atoms with Crippen LogP contribution in [-0.4, -0.2) is 19.5 Å². The van der Waals surface area contributed by atoms with Crippen LogP contribution >= 0.6 is 0 Å². The molecule has 0 fully saturated rings. The molecule has 0 aromatic heterocycles. The summed E-state index contributed by atoms with van der Waals surface area (Å²) < 4.78 is 42.4. The number of halogens is 3. The molecule has 0 saturated heterocycles. The van der Waals surface area contributed by atoms with Crippen LogP contribution in [0, 0.1) is 11.8 Å². The van der Waals surface area contributed by atoms with Crippen LogP contribution in [0.1, 0.15) is 20.3 Å². The number of methoxy groups -OCH3 is 1. The first-order valence-corrected chi connectivity index (χ1v) is 4.74. The summed E-state index contributed by atoms with van der Waals surface area (Å²) in [6.45, 7) is 3.75. The molecule has 1 heterocycles. The van der Waals surface area contributed by atoms with E-state index < -0.39 is 11.7 Å². The molecule has 2 nitrogen and oxygen atoms in total. The maximum atomic E-state index is 12.6. The highest BCUT2D eigenvalue weighted by molar-refractivity contribution is 5.65. The maximum absolute atomic E-state index is 12.6. The van der Waals surface area contributed by atoms with E-state index in [4.69, 9.17) is 0 Å². The van der Waals surface area contributed by atoms with E-state index >= 15 is 0 Å². The molecule has 1 aliphatic rings. The average Bonchev–Trinajstić information content (AvgIpc) is 2.15. The summed E-state index contributed by atoms with van der Waals surface area (Å²) in [5.41, 5.74) is -0.661. The third-order valence-corrected chi connectivity index (χ3v) is 2.47. The Hall–Kier alpha value is -1.00. The smallest absolute Gasteiger partial charge is 0.417 e. The molecule has 0 spiro atoms. The number of nitrogens with zero attached hydrogens (tertiary/aromatic N) is 1. The second-order valence-corrected chi connectivity index (χ2v) is 3.88. The highest BCUT2D eigenvalue weighted by atomic mass is 19.4. The zero-order chi connectivity index (χ0) is 11.6. The topological polar surface area (TPSA) is 21.6 Å². The Morgan fingerprint density at radius 1 is 1.47 bits per heavy atom. The lowest BCUT2D eigenvalue weighted by Crippen LogP contribution is -2.24. The van der Waals surface area contributed by atoms with Gasteiger partial charge in [0.25, 0.3) is 0 Å².